The molecule has 1 N–H and O–H groups in total. The van der Waals surface area contributed by atoms with Crippen molar-refractivity contribution in [2.75, 3.05) is 6.54 Å². The molecule has 2 rings (SSSR count). The highest BCUT2D eigenvalue weighted by Crippen LogP contribution is 2.41. The van der Waals surface area contributed by atoms with E-state index in [9.17, 15) is 0 Å². The minimum Gasteiger partial charge on any atom is -0.337 e. The third-order valence-corrected chi connectivity index (χ3v) is 4.30. The summed E-state index contributed by atoms with van der Waals surface area (Å²) in [5.41, 5.74) is 0.236. The minimum absolute atomic E-state index is 0.242. The molecule has 1 aromatic heterocycles. The van der Waals surface area contributed by atoms with Crippen LogP contribution in [0.3, 0.4) is 0 Å². The van der Waals surface area contributed by atoms with Gasteiger partial charge < -0.3 is 9.84 Å². The van der Waals surface area contributed by atoms with Crippen LogP contribution in [0.25, 0.3) is 0 Å². The molecule has 1 aliphatic rings. The summed E-state index contributed by atoms with van der Waals surface area (Å²) >= 11 is 0. The largest absolute Gasteiger partial charge is 0.337 e. The second kappa shape index (κ2) is 5.23. The Morgan fingerprint density at radius 3 is 2.53 bits per heavy atom. The summed E-state index contributed by atoms with van der Waals surface area (Å²) in [5.74, 6) is 2.08. The van der Waals surface area contributed by atoms with Crippen molar-refractivity contribution in [1.29, 1.82) is 0 Å². The SMILES string of the molecule is CCNC(C)(C)c1nc(C2CCC(C)(C)CC2)no1. The molecule has 0 bridgehead atoms. The third kappa shape index (κ3) is 3.35. The third-order valence-electron chi connectivity index (χ3n) is 4.30. The van der Waals surface area contributed by atoms with Crippen molar-refractivity contribution in [1.82, 2.24) is 15.5 Å². The van der Waals surface area contributed by atoms with E-state index >= 15 is 0 Å². The quantitative estimate of drug-likeness (QED) is 0.903. The van der Waals surface area contributed by atoms with Gasteiger partial charge >= 0.3 is 0 Å². The second-order valence-corrected chi connectivity index (χ2v) is 7.05. The highest BCUT2D eigenvalue weighted by molar-refractivity contribution is 5.04. The zero-order valence-electron chi connectivity index (χ0n) is 12.9. The van der Waals surface area contributed by atoms with E-state index in [1.165, 1.54) is 25.7 Å². The molecule has 1 heterocycles. The Labute approximate surface area is 116 Å². The summed E-state index contributed by atoms with van der Waals surface area (Å²) in [7, 11) is 0. The van der Waals surface area contributed by atoms with E-state index in [1.807, 2.05) is 0 Å². The summed E-state index contributed by atoms with van der Waals surface area (Å²) in [6.45, 7) is 11.8. The van der Waals surface area contributed by atoms with E-state index in [-0.39, 0.29) is 5.54 Å². The molecule has 0 aliphatic heterocycles. The lowest BCUT2D eigenvalue weighted by Crippen LogP contribution is -2.36. The first-order valence-corrected chi connectivity index (χ1v) is 7.43. The van der Waals surface area contributed by atoms with Crippen LogP contribution < -0.4 is 5.32 Å². The number of rotatable bonds is 4. The van der Waals surface area contributed by atoms with Gasteiger partial charge in [-0.05, 0) is 51.5 Å². The molecular weight excluding hydrogens is 238 g/mol. The first-order valence-electron chi connectivity index (χ1n) is 7.43. The van der Waals surface area contributed by atoms with Crippen molar-refractivity contribution in [3.63, 3.8) is 0 Å². The highest BCUT2D eigenvalue weighted by Gasteiger charge is 2.32. The van der Waals surface area contributed by atoms with Crippen molar-refractivity contribution in [3.8, 4) is 0 Å². The fourth-order valence-corrected chi connectivity index (χ4v) is 2.83. The fraction of sp³-hybridized carbons (Fsp3) is 0.867. The lowest BCUT2D eigenvalue weighted by Gasteiger charge is -2.32. The molecule has 4 nitrogen and oxygen atoms in total. The number of nitrogens with one attached hydrogen (secondary N) is 1. The molecule has 1 aliphatic carbocycles. The van der Waals surface area contributed by atoms with Gasteiger partial charge in [-0.1, -0.05) is 25.9 Å². The average molecular weight is 265 g/mol. The Morgan fingerprint density at radius 2 is 1.95 bits per heavy atom. The molecule has 19 heavy (non-hydrogen) atoms. The molecule has 0 radical (unpaired) electrons. The molecule has 0 spiro atoms. The maximum atomic E-state index is 5.46. The topological polar surface area (TPSA) is 51.0 Å². The Hall–Kier alpha value is -0.900. The zero-order chi connectivity index (χ0) is 14.1. The molecule has 0 saturated heterocycles. The minimum atomic E-state index is -0.242. The van der Waals surface area contributed by atoms with Crippen LogP contribution in [0.15, 0.2) is 4.52 Å². The first kappa shape index (κ1) is 14.5. The maximum absolute atomic E-state index is 5.46. The van der Waals surface area contributed by atoms with Gasteiger partial charge in [0, 0.05) is 5.92 Å². The van der Waals surface area contributed by atoms with E-state index < -0.39 is 0 Å². The smallest absolute Gasteiger partial charge is 0.246 e. The number of hydrogen-bond acceptors (Lipinski definition) is 4. The number of aromatic nitrogens is 2. The fourth-order valence-electron chi connectivity index (χ4n) is 2.83. The van der Waals surface area contributed by atoms with Crippen LogP contribution in [0.5, 0.6) is 0 Å². The van der Waals surface area contributed by atoms with Crippen LogP contribution in [0.4, 0.5) is 0 Å². The van der Waals surface area contributed by atoms with Gasteiger partial charge in [0.15, 0.2) is 5.82 Å². The Morgan fingerprint density at radius 1 is 1.32 bits per heavy atom. The van der Waals surface area contributed by atoms with Gasteiger partial charge in [-0.2, -0.15) is 4.98 Å². The van der Waals surface area contributed by atoms with E-state index in [4.69, 9.17) is 4.52 Å². The lowest BCUT2D eigenvalue weighted by molar-refractivity contribution is 0.217. The van der Waals surface area contributed by atoms with Crippen LogP contribution in [-0.2, 0) is 5.54 Å². The highest BCUT2D eigenvalue weighted by atomic mass is 16.5. The van der Waals surface area contributed by atoms with Crippen molar-refractivity contribution in [2.45, 2.75) is 71.8 Å². The zero-order valence-corrected chi connectivity index (χ0v) is 12.9. The van der Waals surface area contributed by atoms with E-state index in [2.05, 4.69) is 50.1 Å². The van der Waals surface area contributed by atoms with Crippen LogP contribution in [0.1, 0.15) is 77.9 Å². The number of nitrogens with zero attached hydrogens (tertiary/aromatic N) is 2. The first-order chi connectivity index (χ1) is 8.84. The van der Waals surface area contributed by atoms with E-state index in [0.29, 0.717) is 17.2 Å². The molecule has 1 fully saturated rings. The molecule has 0 atom stereocenters. The van der Waals surface area contributed by atoms with Crippen molar-refractivity contribution in [3.05, 3.63) is 11.7 Å². The van der Waals surface area contributed by atoms with Crippen LogP contribution in [0, 0.1) is 5.41 Å². The molecule has 0 unspecified atom stereocenters. The summed E-state index contributed by atoms with van der Waals surface area (Å²) < 4.78 is 5.46. The summed E-state index contributed by atoms with van der Waals surface area (Å²) in [6.07, 6.45) is 4.84. The molecule has 0 amide bonds. The van der Waals surface area contributed by atoms with Gasteiger partial charge in [0.1, 0.15) is 0 Å². The molecule has 1 aromatic rings. The Kier molecular flexibility index (Phi) is 4.00. The summed E-state index contributed by atoms with van der Waals surface area (Å²) in [4.78, 5) is 4.63. The van der Waals surface area contributed by atoms with Gasteiger partial charge in [-0.15, -0.1) is 0 Å². The summed E-state index contributed by atoms with van der Waals surface area (Å²) in [6, 6.07) is 0. The van der Waals surface area contributed by atoms with Crippen molar-refractivity contribution in [2.24, 2.45) is 5.41 Å². The maximum Gasteiger partial charge on any atom is 0.246 e. The van der Waals surface area contributed by atoms with E-state index in [1.54, 1.807) is 0 Å². The standard InChI is InChI=1S/C15H27N3O/c1-6-16-15(4,5)13-17-12(18-19-13)11-7-9-14(2,3)10-8-11/h11,16H,6-10H2,1-5H3. The normalized spacial score (nSPS) is 20.7. The molecule has 0 aromatic carbocycles. The van der Waals surface area contributed by atoms with Crippen molar-refractivity contribution >= 4 is 0 Å². The summed E-state index contributed by atoms with van der Waals surface area (Å²) in [5, 5.41) is 7.58. The monoisotopic (exact) mass is 265 g/mol. The van der Waals surface area contributed by atoms with Gasteiger partial charge in [0.2, 0.25) is 5.89 Å². The van der Waals surface area contributed by atoms with Gasteiger partial charge in [-0.25, -0.2) is 0 Å². The molecule has 108 valence electrons. The predicted octanol–water partition coefficient (Wildman–Crippen LogP) is 3.60. The number of hydrogen-bond donors (Lipinski definition) is 1. The predicted molar refractivity (Wildman–Crippen MR) is 76.0 cm³/mol. The lowest BCUT2D eigenvalue weighted by atomic mass is 9.73. The van der Waals surface area contributed by atoms with Crippen LogP contribution in [0.2, 0.25) is 0 Å². The van der Waals surface area contributed by atoms with Gasteiger partial charge in [0.05, 0.1) is 5.54 Å². The van der Waals surface area contributed by atoms with E-state index in [0.717, 1.165) is 12.4 Å². The molecule has 4 heteroatoms. The van der Waals surface area contributed by atoms with Crippen LogP contribution in [-0.4, -0.2) is 16.7 Å². The molecule has 1 saturated carbocycles. The average Bonchev–Trinajstić information content (AvgIpc) is 2.79. The molecular formula is C15H27N3O. The van der Waals surface area contributed by atoms with Gasteiger partial charge in [0.25, 0.3) is 0 Å². The van der Waals surface area contributed by atoms with Gasteiger partial charge in [-0.3, -0.25) is 0 Å². The van der Waals surface area contributed by atoms with Crippen molar-refractivity contribution < 1.29 is 4.52 Å². The Bertz CT molecular complexity index is 413. The second-order valence-electron chi connectivity index (χ2n) is 7.05. The van der Waals surface area contributed by atoms with Crippen LogP contribution >= 0.6 is 0 Å². The Balaban J connectivity index is 2.06.